The van der Waals surface area contributed by atoms with Crippen LogP contribution in [0.2, 0.25) is 0 Å². The first kappa shape index (κ1) is 28.3. The topological polar surface area (TPSA) is 119 Å². The second kappa shape index (κ2) is 12.5. The third-order valence-electron chi connectivity index (χ3n) is 8.49. The number of cyclic esters (lactones) is 1. The highest BCUT2D eigenvalue weighted by Crippen LogP contribution is 2.39. The number of aromatic nitrogens is 2. The Morgan fingerprint density at radius 1 is 1.02 bits per heavy atom. The number of esters is 1. The van der Waals surface area contributed by atoms with Crippen molar-refractivity contribution < 1.29 is 24.5 Å². The lowest BCUT2D eigenvalue weighted by Gasteiger charge is -2.40. The van der Waals surface area contributed by atoms with Crippen LogP contribution in [0.25, 0.3) is 11.0 Å². The molecule has 2 saturated heterocycles. The molecular formula is C31H40N4O5. The van der Waals surface area contributed by atoms with E-state index >= 15 is 0 Å². The highest BCUT2D eigenvalue weighted by molar-refractivity contribution is 5.97. The molecule has 0 saturated carbocycles. The molecule has 2 aliphatic rings. The summed E-state index contributed by atoms with van der Waals surface area (Å²) in [6.45, 7) is 4.85. The summed E-state index contributed by atoms with van der Waals surface area (Å²) in [6, 6.07) is 15.8. The van der Waals surface area contributed by atoms with E-state index in [1.807, 2.05) is 37.3 Å². The third kappa shape index (κ3) is 6.54. The first-order valence-electron chi connectivity index (χ1n) is 14.4. The number of hydrogen-bond acceptors (Lipinski definition) is 7. The van der Waals surface area contributed by atoms with Crippen molar-refractivity contribution in [3.05, 3.63) is 65.5 Å². The molecule has 2 fully saturated rings. The molecule has 2 aliphatic heterocycles. The lowest BCUT2D eigenvalue weighted by molar-refractivity contribution is -0.165. The molecule has 3 aromatic rings. The van der Waals surface area contributed by atoms with E-state index in [1.165, 1.54) is 5.56 Å². The summed E-state index contributed by atoms with van der Waals surface area (Å²) in [5, 5.41) is 21.2. The molecule has 214 valence electrons. The maximum absolute atomic E-state index is 13.5. The lowest BCUT2D eigenvalue weighted by Crippen LogP contribution is -2.45. The highest BCUT2D eigenvalue weighted by atomic mass is 16.5. The van der Waals surface area contributed by atoms with Crippen molar-refractivity contribution in [1.29, 1.82) is 0 Å². The van der Waals surface area contributed by atoms with Crippen molar-refractivity contribution in [2.45, 2.75) is 64.2 Å². The number of benzene rings is 2. The van der Waals surface area contributed by atoms with Crippen LogP contribution in [0, 0.1) is 12.3 Å². The van der Waals surface area contributed by atoms with Gasteiger partial charge in [-0.3, -0.25) is 14.5 Å². The number of hydrogen-bond donors (Lipinski definition) is 3. The minimum absolute atomic E-state index is 0.123. The molecule has 40 heavy (non-hydrogen) atoms. The van der Waals surface area contributed by atoms with Crippen LogP contribution in [0.15, 0.2) is 48.5 Å². The van der Waals surface area contributed by atoms with Crippen LogP contribution in [0.1, 0.15) is 60.3 Å². The average molecular weight is 549 g/mol. The standard InChI is InChI=1S/C31H40N4O5/c1-22-32-25-10-9-24(19-26(25)33-22)29(38)35-15-6-5-12-31(30(39)40-21-28(37)27(36)11-16-35)13-17-34(18-14-31)20-23-7-3-2-4-8-23/h2-4,7-10,19,27-28,36-37H,5-6,11-18,20-21H2,1H3,(H,32,33)/t27-,28+/m0/s1. The monoisotopic (exact) mass is 548 g/mol. The second-order valence-electron chi connectivity index (χ2n) is 11.4. The molecule has 0 unspecified atom stereocenters. The SMILES string of the molecule is Cc1nc2ccc(C(=O)N3CCCCC4(CCN(Cc5ccccc5)CC4)C(=O)OC[C@@H](O)[C@@H](O)CC3)cc2[nH]1. The first-order chi connectivity index (χ1) is 19.3. The fraction of sp³-hybridized carbons (Fsp3) is 0.516. The smallest absolute Gasteiger partial charge is 0.312 e. The number of carbonyl (C=O) groups excluding carboxylic acids is 2. The molecule has 0 radical (unpaired) electrons. The number of likely N-dealkylation sites (tertiary alicyclic amines) is 1. The largest absolute Gasteiger partial charge is 0.462 e. The predicted molar refractivity (Wildman–Crippen MR) is 152 cm³/mol. The Hall–Kier alpha value is -3.27. The van der Waals surface area contributed by atoms with E-state index in [9.17, 15) is 19.8 Å². The summed E-state index contributed by atoms with van der Waals surface area (Å²) in [5.41, 5.74) is 2.80. The zero-order valence-corrected chi connectivity index (χ0v) is 23.2. The quantitative estimate of drug-likeness (QED) is 0.429. The van der Waals surface area contributed by atoms with Crippen molar-refractivity contribution in [1.82, 2.24) is 19.8 Å². The minimum atomic E-state index is -1.21. The van der Waals surface area contributed by atoms with E-state index < -0.39 is 17.6 Å². The van der Waals surface area contributed by atoms with Gasteiger partial charge in [-0.1, -0.05) is 36.8 Å². The average Bonchev–Trinajstić information content (AvgIpc) is 3.35. The number of carbonyl (C=O) groups is 2. The molecule has 9 nitrogen and oxygen atoms in total. The zero-order valence-electron chi connectivity index (χ0n) is 23.2. The summed E-state index contributed by atoms with van der Waals surface area (Å²) in [4.78, 5) is 38.6. The Morgan fingerprint density at radius 3 is 2.58 bits per heavy atom. The van der Waals surface area contributed by atoms with Gasteiger partial charge in [-0.05, 0) is 75.9 Å². The van der Waals surface area contributed by atoms with Gasteiger partial charge in [0.15, 0.2) is 0 Å². The van der Waals surface area contributed by atoms with E-state index in [1.54, 1.807) is 11.0 Å². The number of rotatable bonds is 3. The molecule has 2 atom stereocenters. The van der Waals surface area contributed by atoms with Crippen molar-refractivity contribution in [3.63, 3.8) is 0 Å². The molecular weight excluding hydrogens is 508 g/mol. The maximum atomic E-state index is 13.5. The molecule has 1 spiro atoms. The number of aromatic amines is 1. The fourth-order valence-electron chi connectivity index (χ4n) is 5.98. The van der Waals surface area contributed by atoms with Gasteiger partial charge in [0.25, 0.3) is 5.91 Å². The van der Waals surface area contributed by atoms with Crippen LogP contribution < -0.4 is 0 Å². The summed E-state index contributed by atoms with van der Waals surface area (Å²) in [5.74, 6) is 0.381. The number of H-pyrrole nitrogens is 1. The summed E-state index contributed by atoms with van der Waals surface area (Å²) < 4.78 is 5.61. The molecule has 9 heteroatoms. The van der Waals surface area contributed by atoms with Crippen LogP contribution in [0.3, 0.4) is 0 Å². The maximum Gasteiger partial charge on any atom is 0.312 e. The third-order valence-corrected chi connectivity index (χ3v) is 8.49. The van der Waals surface area contributed by atoms with Crippen LogP contribution >= 0.6 is 0 Å². The Labute approximate surface area is 235 Å². The van der Waals surface area contributed by atoms with Gasteiger partial charge in [0.2, 0.25) is 0 Å². The minimum Gasteiger partial charge on any atom is -0.462 e. The van der Waals surface area contributed by atoms with E-state index in [-0.39, 0.29) is 24.9 Å². The summed E-state index contributed by atoms with van der Waals surface area (Å²) >= 11 is 0. The molecule has 1 aromatic heterocycles. The molecule has 5 rings (SSSR count). The zero-order chi connectivity index (χ0) is 28.1. The van der Waals surface area contributed by atoms with Crippen molar-refractivity contribution in [3.8, 4) is 0 Å². The number of aliphatic hydroxyl groups excluding tert-OH is 2. The Balaban J connectivity index is 1.27. The van der Waals surface area contributed by atoms with Crippen LogP contribution in [0.5, 0.6) is 0 Å². The Bertz CT molecular complexity index is 1300. The molecule has 1 amide bonds. The van der Waals surface area contributed by atoms with Gasteiger partial charge >= 0.3 is 5.97 Å². The fourth-order valence-corrected chi connectivity index (χ4v) is 5.98. The number of amides is 1. The Morgan fingerprint density at radius 2 is 1.80 bits per heavy atom. The molecule has 2 aromatic carbocycles. The summed E-state index contributed by atoms with van der Waals surface area (Å²) in [6.07, 6.45) is 1.43. The Kier molecular flexibility index (Phi) is 8.83. The van der Waals surface area contributed by atoms with Crippen molar-refractivity contribution in [2.24, 2.45) is 5.41 Å². The van der Waals surface area contributed by atoms with E-state index in [0.29, 0.717) is 37.9 Å². The van der Waals surface area contributed by atoms with Gasteiger partial charge in [-0.2, -0.15) is 0 Å². The van der Waals surface area contributed by atoms with Crippen molar-refractivity contribution in [2.75, 3.05) is 32.8 Å². The van der Waals surface area contributed by atoms with Gasteiger partial charge in [0.1, 0.15) is 18.5 Å². The highest BCUT2D eigenvalue weighted by Gasteiger charge is 2.42. The second-order valence-corrected chi connectivity index (χ2v) is 11.4. The number of ether oxygens (including phenoxy) is 1. The first-order valence-corrected chi connectivity index (χ1v) is 14.4. The number of piperidine rings is 1. The number of aryl methyl sites for hydroxylation is 1. The van der Waals surface area contributed by atoms with Gasteiger partial charge in [0.05, 0.1) is 22.6 Å². The molecule has 0 aliphatic carbocycles. The lowest BCUT2D eigenvalue weighted by atomic mass is 9.74. The van der Waals surface area contributed by atoms with E-state index in [2.05, 4.69) is 27.0 Å². The number of fused-ring (bicyclic) bond motifs is 1. The number of imidazole rings is 1. The van der Waals surface area contributed by atoms with Crippen LogP contribution in [-0.2, 0) is 16.1 Å². The molecule has 3 N–H and O–H groups in total. The molecule has 3 heterocycles. The van der Waals surface area contributed by atoms with Gasteiger partial charge in [0, 0.05) is 25.2 Å². The van der Waals surface area contributed by atoms with Crippen LogP contribution in [-0.4, -0.2) is 86.9 Å². The van der Waals surface area contributed by atoms with Gasteiger partial charge < -0.3 is 24.8 Å². The van der Waals surface area contributed by atoms with E-state index in [0.717, 1.165) is 49.3 Å². The van der Waals surface area contributed by atoms with Gasteiger partial charge in [-0.25, -0.2) is 4.98 Å². The van der Waals surface area contributed by atoms with Crippen molar-refractivity contribution >= 4 is 22.9 Å². The van der Waals surface area contributed by atoms with Crippen LogP contribution in [0.4, 0.5) is 0 Å². The number of nitrogens with zero attached hydrogens (tertiary/aromatic N) is 3. The number of nitrogens with one attached hydrogen (secondary N) is 1. The number of aliphatic hydroxyl groups is 2. The molecule has 0 bridgehead atoms. The van der Waals surface area contributed by atoms with E-state index in [4.69, 9.17) is 4.74 Å². The normalized spacial score (nSPS) is 23.3. The predicted octanol–water partition coefficient (Wildman–Crippen LogP) is 3.43. The van der Waals surface area contributed by atoms with Gasteiger partial charge in [-0.15, -0.1) is 0 Å². The summed E-state index contributed by atoms with van der Waals surface area (Å²) in [7, 11) is 0.